The minimum Gasteiger partial charge on any atom is -0.451 e. The number of nitrogens with zero attached hydrogens (tertiary/aromatic N) is 5. The molecule has 0 saturated carbocycles. The Balaban J connectivity index is 1.27. The summed E-state index contributed by atoms with van der Waals surface area (Å²) in [6, 6.07) is 4.03. The summed E-state index contributed by atoms with van der Waals surface area (Å²) in [5, 5.41) is 3.48. The number of rotatable bonds is 8. The van der Waals surface area contributed by atoms with Crippen molar-refractivity contribution in [2.75, 3.05) is 50.7 Å². The van der Waals surface area contributed by atoms with Crippen molar-refractivity contribution in [3.05, 3.63) is 42.1 Å². The van der Waals surface area contributed by atoms with E-state index in [2.05, 4.69) is 25.1 Å². The summed E-state index contributed by atoms with van der Waals surface area (Å²) in [4.78, 5) is 28.8. The van der Waals surface area contributed by atoms with E-state index in [1.165, 1.54) is 50.3 Å². The molecule has 3 aliphatic rings. The van der Waals surface area contributed by atoms with Crippen molar-refractivity contribution in [2.24, 2.45) is 11.3 Å². The molecule has 1 N–H and O–H groups in total. The van der Waals surface area contributed by atoms with Gasteiger partial charge in [-0.2, -0.15) is 0 Å². The van der Waals surface area contributed by atoms with Crippen molar-refractivity contribution in [3.8, 4) is 11.5 Å². The highest BCUT2D eigenvalue weighted by Gasteiger charge is 2.46. The third kappa shape index (κ3) is 5.64. The third-order valence-corrected chi connectivity index (χ3v) is 8.35. The fourth-order valence-corrected chi connectivity index (χ4v) is 6.38. The Hall–Kier alpha value is -2.78. The minimum absolute atomic E-state index is 0.0345. The van der Waals surface area contributed by atoms with Gasteiger partial charge in [-0.25, -0.2) is 14.4 Å². The van der Waals surface area contributed by atoms with E-state index >= 15 is 0 Å². The fourth-order valence-electron chi connectivity index (χ4n) is 6.38. The van der Waals surface area contributed by atoms with E-state index in [0.717, 1.165) is 51.0 Å². The second-order valence-electron chi connectivity index (χ2n) is 11.9. The quantitative estimate of drug-likeness (QED) is 0.555. The fraction of sp³-hybridized carbons (Fsp3) is 0.621. The lowest BCUT2D eigenvalue weighted by molar-refractivity contribution is 0.0640. The molecule has 9 heteroatoms. The molecule has 1 amide bonds. The van der Waals surface area contributed by atoms with Crippen molar-refractivity contribution >= 4 is 11.7 Å². The van der Waals surface area contributed by atoms with Crippen LogP contribution in [0.15, 0.2) is 30.7 Å². The van der Waals surface area contributed by atoms with Crippen LogP contribution < -0.4 is 15.0 Å². The molecule has 3 aliphatic heterocycles. The number of nitrogens with one attached hydrogen (secondary N) is 1. The maximum absolute atomic E-state index is 14.3. The van der Waals surface area contributed by atoms with Crippen molar-refractivity contribution in [2.45, 2.75) is 59.0 Å². The highest BCUT2D eigenvalue weighted by atomic mass is 19.1. The summed E-state index contributed by atoms with van der Waals surface area (Å²) in [6.07, 6.45) is 6.84. The number of likely N-dealkylation sites (tertiary alicyclic amines) is 1. The molecule has 0 aliphatic carbocycles. The summed E-state index contributed by atoms with van der Waals surface area (Å²) >= 11 is 0. The number of piperidine rings is 1. The summed E-state index contributed by atoms with van der Waals surface area (Å²) < 4.78 is 20.5. The molecule has 1 aromatic carbocycles. The molecular weight excluding hydrogens is 483 g/mol. The first-order chi connectivity index (χ1) is 18.2. The Kier molecular flexibility index (Phi) is 7.86. The van der Waals surface area contributed by atoms with Crippen LogP contribution in [0, 0.1) is 17.2 Å². The number of halogens is 1. The van der Waals surface area contributed by atoms with E-state index in [1.807, 2.05) is 27.7 Å². The summed E-state index contributed by atoms with van der Waals surface area (Å²) in [7, 11) is 0. The highest BCUT2D eigenvalue weighted by molar-refractivity contribution is 5.97. The van der Waals surface area contributed by atoms with Crippen LogP contribution in [0.3, 0.4) is 0 Å². The van der Waals surface area contributed by atoms with E-state index < -0.39 is 5.82 Å². The number of hydrogen-bond donors (Lipinski definition) is 1. The molecule has 8 nitrogen and oxygen atoms in total. The molecule has 0 radical (unpaired) electrons. The largest absolute Gasteiger partial charge is 0.451 e. The van der Waals surface area contributed by atoms with Crippen LogP contribution in [0.25, 0.3) is 0 Å². The first-order valence-corrected chi connectivity index (χ1v) is 14.0. The van der Waals surface area contributed by atoms with Crippen LogP contribution in [0.4, 0.5) is 10.2 Å². The average molecular weight is 525 g/mol. The van der Waals surface area contributed by atoms with Gasteiger partial charge in [-0.15, -0.1) is 0 Å². The highest BCUT2D eigenvalue weighted by Crippen LogP contribution is 2.45. The lowest BCUT2D eigenvalue weighted by Gasteiger charge is -2.54. The van der Waals surface area contributed by atoms with E-state index in [4.69, 9.17) is 4.74 Å². The lowest BCUT2D eigenvalue weighted by Crippen LogP contribution is -2.61. The van der Waals surface area contributed by atoms with Gasteiger partial charge in [0, 0.05) is 37.1 Å². The molecule has 1 aromatic heterocycles. The van der Waals surface area contributed by atoms with E-state index in [1.54, 1.807) is 11.1 Å². The van der Waals surface area contributed by atoms with Gasteiger partial charge in [0.15, 0.2) is 11.6 Å². The standard InChI is InChI=1S/C29H41FN6O2/c1-20(2)36(21(3)4)28(37)24-13-23(30)5-6-25(24)38-26-15-32-19-33-27(26)35-17-29(18-35)8-11-34(12-9-29)16-22-7-10-31-14-22/h5-6,13,15,19-22,31H,7-12,14,16-18H2,1-4H3/t22-/m1/s1. The molecular formula is C29H41FN6O2. The van der Waals surface area contributed by atoms with Gasteiger partial charge in [0.2, 0.25) is 0 Å². The van der Waals surface area contributed by atoms with Crippen LogP contribution in [-0.4, -0.2) is 83.6 Å². The first-order valence-electron chi connectivity index (χ1n) is 14.0. The zero-order chi connectivity index (χ0) is 26.9. The van der Waals surface area contributed by atoms with Crippen LogP contribution in [0.5, 0.6) is 11.5 Å². The molecule has 2 aromatic rings. The zero-order valence-electron chi connectivity index (χ0n) is 23.1. The smallest absolute Gasteiger partial charge is 0.258 e. The normalized spacial score (nSPS) is 21.2. The summed E-state index contributed by atoms with van der Waals surface area (Å²) in [5.41, 5.74) is 0.519. The molecule has 0 unspecified atom stereocenters. The number of carbonyl (C=O) groups excluding carboxylic acids is 1. The number of aromatic nitrogens is 2. The van der Waals surface area contributed by atoms with Crippen LogP contribution in [-0.2, 0) is 0 Å². The molecule has 0 bridgehead atoms. The number of amides is 1. The van der Waals surface area contributed by atoms with Gasteiger partial charge in [-0.1, -0.05) is 0 Å². The maximum Gasteiger partial charge on any atom is 0.258 e. The summed E-state index contributed by atoms with van der Waals surface area (Å²) in [5.74, 6) is 1.57. The van der Waals surface area contributed by atoms with Gasteiger partial charge in [0.05, 0.1) is 11.8 Å². The summed E-state index contributed by atoms with van der Waals surface area (Å²) in [6.45, 7) is 15.5. The second kappa shape index (κ2) is 11.1. The van der Waals surface area contributed by atoms with Crippen molar-refractivity contribution in [1.82, 2.24) is 25.1 Å². The Morgan fingerprint density at radius 3 is 2.58 bits per heavy atom. The minimum atomic E-state index is -0.474. The number of ether oxygens (including phenoxy) is 1. The van der Waals surface area contributed by atoms with E-state index in [0.29, 0.717) is 16.9 Å². The Morgan fingerprint density at radius 1 is 1.18 bits per heavy atom. The molecule has 38 heavy (non-hydrogen) atoms. The number of carbonyl (C=O) groups is 1. The SMILES string of the molecule is CC(C)N(C(=O)c1cc(F)ccc1Oc1cncnc1N1CC2(CCN(C[C@@H]3CCNC3)CC2)C1)C(C)C. The molecule has 3 fully saturated rings. The first kappa shape index (κ1) is 26.8. The van der Waals surface area contributed by atoms with Gasteiger partial charge in [0.1, 0.15) is 17.9 Å². The van der Waals surface area contributed by atoms with Gasteiger partial charge >= 0.3 is 0 Å². The molecule has 206 valence electrons. The van der Waals surface area contributed by atoms with Gasteiger partial charge < -0.3 is 24.8 Å². The Morgan fingerprint density at radius 2 is 1.92 bits per heavy atom. The molecule has 4 heterocycles. The lowest BCUT2D eigenvalue weighted by atomic mass is 9.72. The Labute approximate surface area is 225 Å². The predicted octanol–water partition coefficient (Wildman–Crippen LogP) is 4.18. The Bertz CT molecular complexity index is 1110. The number of anilines is 1. The van der Waals surface area contributed by atoms with Gasteiger partial charge in [-0.3, -0.25) is 4.79 Å². The topological polar surface area (TPSA) is 73.8 Å². The van der Waals surface area contributed by atoms with Crippen LogP contribution in [0.1, 0.15) is 57.3 Å². The van der Waals surface area contributed by atoms with Crippen molar-refractivity contribution < 1.29 is 13.9 Å². The monoisotopic (exact) mass is 524 g/mol. The second-order valence-corrected chi connectivity index (χ2v) is 11.9. The zero-order valence-corrected chi connectivity index (χ0v) is 23.1. The molecule has 1 spiro atoms. The molecule has 1 atom stereocenters. The van der Waals surface area contributed by atoms with Gasteiger partial charge in [0.25, 0.3) is 5.91 Å². The third-order valence-electron chi connectivity index (χ3n) is 8.35. The van der Waals surface area contributed by atoms with E-state index in [-0.39, 0.29) is 23.6 Å². The van der Waals surface area contributed by atoms with Crippen molar-refractivity contribution in [3.63, 3.8) is 0 Å². The van der Waals surface area contributed by atoms with Gasteiger partial charge in [-0.05, 0) is 97.3 Å². The maximum atomic E-state index is 14.3. The van der Waals surface area contributed by atoms with Crippen molar-refractivity contribution in [1.29, 1.82) is 0 Å². The number of hydrogen-bond acceptors (Lipinski definition) is 7. The van der Waals surface area contributed by atoms with Crippen LogP contribution in [0.2, 0.25) is 0 Å². The average Bonchev–Trinajstić information content (AvgIpc) is 3.37. The van der Waals surface area contributed by atoms with E-state index in [9.17, 15) is 9.18 Å². The number of benzene rings is 1. The molecule has 5 rings (SSSR count). The van der Waals surface area contributed by atoms with Crippen LogP contribution >= 0.6 is 0 Å². The predicted molar refractivity (Wildman–Crippen MR) is 146 cm³/mol. The molecule has 3 saturated heterocycles.